The molecule has 0 aliphatic heterocycles. The van der Waals surface area contributed by atoms with Gasteiger partial charge in [0.2, 0.25) is 0 Å². The van der Waals surface area contributed by atoms with Gasteiger partial charge in [-0.3, -0.25) is 10.1 Å². The third-order valence-corrected chi connectivity index (χ3v) is 3.53. The highest BCUT2D eigenvalue weighted by molar-refractivity contribution is 7.13. The Labute approximate surface area is 101 Å². The smallest absolute Gasteiger partial charge is 0.278 e. The largest absolute Gasteiger partial charge is 0.354 e. The summed E-state index contributed by atoms with van der Waals surface area (Å²) in [6, 6.07) is 10.8. The third-order valence-electron chi connectivity index (χ3n) is 2.62. The van der Waals surface area contributed by atoms with Crippen molar-refractivity contribution in [3.8, 4) is 10.6 Å². The fourth-order valence-electron chi connectivity index (χ4n) is 1.86. The van der Waals surface area contributed by atoms with E-state index in [2.05, 4.69) is 4.98 Å². The summed E-state index contributed by atoms with van der Waals surface area (Å²) in [6.07, 6.45) is 0. The van der Waals surface area contributed by atoms with Crippen LogP contribution in [0.5, 0.6) is 0 Å². The van der Waals surface area contributed by atoms with Gasteiger partial charge in [-0.15, -0.1) is 11.3 Å². The number of nitrogens with one attached hydrogen (secondary N) is 1. The molecule has 1 N–H and O–H groups in total. The Kier molecular flexibility index (Phi) is 2.19. The Morgan fingerprint density at radius 2 is 2.12 bits per heavy atom. The lowest BCUT2D eigenvalue weighted by molar-refractivity contribution is -0.383. The lowest BCUT2D eigenvalue weighted by Crippen LogP contribution is -1.87. The molecular weight excluding hydrogens is 236 g/mol. The van der Waals surface area contributed by atoms with E-state index in [0.717, 1.165) is 16.1 Å². The van der Waals surface area contributed by atoms with Gasteiger partial charge in [0.25, 0.3) is 5.69 Å². The van der Waals surface area contributed by atoms with Gasteiger partial charge in [-0.05, 0) is 23.6 Å². The van der Waals surface area contributed by atoms with E-state index in [-0.39, 0.29) is 10.6 Å². The van der Waals surface area contributed by atoms with E-state index in [1.165, 1.54) is 6.07 Å². The first-order chi connectivity index (χ1) is 8.25. The summed E-state index contributed by atoms with van der Waals surface area (Å²) in [7, 11) is 0. The first kappa shape index (κ1) is 10.0. The molecule has 0 aliphatic rings. The van der Waals surface area contributed by atoms with E-state index in [9.17, 15) is 10.1 Å². The molecule has 0 amide bonds. The van der Waals surface area contributed by atoms with Gasteiger partial charge in [0, 0.05) is 6.07 Å². The number of thiophene rings is 1. The fraction of sp³-hybridized carbons (Fsp3) is 0. The highest BCUT2D eigenvalue weighted by Gasteiger charge is 2.14. The number of aromatic nitrogens is 1. The number of nitro groups is 1. The van der Waals surface area contributed by atoms with Crippen molar-refractivity contribution in [3.05, 3.63) is 51.9 Å². The van der Waals surface area contributed by atoms with Crippen LogP contribution in [0, 0.1) is 10.1 Å². The van der Waals surface area contributed by atoms with E-state index < -0.39 is 0 Å². The zero-order chi connectivity index (χ0) is 11.8. The minimum atomic E-state index is -0.353. The van der Waals surface area contributed by atoms with Crippen molar-refractivity contribution in [2.24, 2.45) is 0 Å². The van der Waals surface area contributed by atoms with Crippen molar-refractivity contribution in [2.75, 3.05) is 0 Å². The van der Waals surface area contributed by atoms with Crippen molar-refractivity contribution < 1.29 is 4.92 Å². The van der Waals surface area contributed by atoms with Crippen LogP contribution in [0.3, 0.4) is 0 Å². The molecule has 1 aromatic carbocycles. The van der Waals surface area contributed by atoms with Crippen LogP contribution in [0.2, 0.25) is 0 Å². The summed E-state index contributed by atoms with van der Waals surface area (Å²) in [6.45, 7) is 0. The SMILES string of the molecule is O=[N+]([O-])c1cccc2[nH]c(-c3cccs3)cc12. The van der Waals surface area contributed by atoms with Crippen molar-refractivity contribution in [1.82, 2.24) is 4.98 Å². The van der Waals surface area contributed by atoms with Crippen LogP contribution in [0.25, 0.3) is 21.5 Å². The molecule has 0 bridgehead atoms. The van der Waals surface area contributed by atoms with Gasteiger partial charge < -0.3 is 4.98 Å². The Hall–Kier alpha value is -2.14. The number of aromatic amines is 1. The minimum absolute atomic E-state index is 0.140. The molecule has 0 spiro atoms. The van der Waals surface area contributed by atoms with Crippen LogP contribution in [-0.2, 0) is 0 Å². The standard InChI is InChI=1S/C12H8N2O2S/c15-14(16)11-4-1-3-9-8(11)7-10(13-9)12-5-2-6-17-12/h1-7,13H. The summed E-state index contributed by atoms with van der Waals surface area (Å²) >= 11 is 1.60. The molecule has 0 fully saturated rings. The topological polar surface area (TPSA) is 58.9 Å². The summed E-state index contributed by atoms with van der Waals surface area (Å²) in [4.78, 5) is 14.8. The molecule has 17 heavy (non-hydrogen) atoms. The number of hydrogen-bond acceptors (Lipinski definition) is 3. The lowest BCUT2D eigenvalue weighted by Gasteiger charge is -1.91. The predicted octanol–water partition coefficient (Wildman–Crippen LogP) is 3.80. The summed E-state index contributed by atoms with van der Waals surface area (Å²) in [5.41, 5.74) is 1.86. The number of nitro benzene ring substituents is 1. The van der Waals surface area contributed by atoms with E-state index in [1.54, 1.807) is 17.4 Å². The molecule has 0 saturated carbocycles. The first-order valence-corrected chi connectivity index (χ1v) is 5.93. The molecule has 2 aromatic heterocycles. The Morgan fingerprint density at radius 3 is 2.82 bits per heavy atom. The van der Waals surface area contributed by atoms with Crippen LogP contribution in [0.4, 0.5) is 5.69 Å². The normalized spacial score (nSPS) is 10.8. The number of H-pyrrole nitrogens is 1. The number of fused-ring (bicyclic) bond motifs is 1. The van der Waals surface area contributed by atoms with Gasteiger partial charge in [0.15, 0.2) is 0 Å². The Bertz CT molecular complexity index is 686. The molecule has 2 heterocycles. The second kappa shape index (κ2) is 3.71. The van der Waals surface area contributed by atoms with Gasteiger partial charge in [-0.2, -0.15) is 0 Å². The zero-order valence-electron chi connectivity index (χ0n) is 8.71. The number of rotatable bonds is 2. The number of benzene rings is 1. The Balaban J connectivity index is 2.26. The van der Waals surface area contributed by atoms with E-state index in [0.29, 0.717) is 5.39 Å². The number of hydrogen-bond donors (Lipinski definition) is 1. The summed E-state index contributed by atoms with van der Waals surface area (Å²) < 4.78 is 0. The first-order valence-electron chi connectivity index (χ1n) is 5.06. The maximum atomic E-state index is 10.9. The maximum Gasteiger partial charge on any atom is 0.278 e. The van der Waals surface area contributed by atoms with E-state index in [4.69, 9.17) is 0 Å². The monoisotopic (exact) mass is 244 g/mol. The molecule has 84 valence electrons. The van der Waals surface area contributed by atoms with Gasteiger partial charge in [-0.1, -0.05) is 12.1 Å². The molecule has 0 unspecified atom stereocenters. The predicted molar refractivity (Wildman–Crippen MR) is 68.3 cm³/mol. The van der Waals surface area contributed by atoms with Gasteiger partial charge >= 0.3 is 0 Å². The van der Waals surface area contributed by atoms with Gasteiger partial charge in [-0.25, -0.2) is 0 Å². The maximum absolute atomic E-state index is 10.9. The van der Waals surface area contributed by atoms with Crippen LogP contribution >= 0.6 is 11.3 Å². The van der Waals surface area contributed by atoms with Crippen LogP contribution < -0.4 is 0 Å². The summed E-state index contributed by atoms with van der Waals surface area (Å²) in [5.74, 6) is 0. The lowest BCUT2D eigenvalue weighted by atomic mass is 10.2. The number of nitrogens with zero attached hydrogens (tertiary/aromatic N) is 1. The molecule has 5 heteroatoms. The summed E-state index contributed by atoms with van der Waals surface area (Å²) in [5, 5.41) is 13.5. The highest BCUT2D eigenvalue weighted by Crippen LogP contribution is 2.31. The fourth-order valence-corrected chi connectivity index (χ4v) is 2.56. The molecule has 3 rings (SSSR count). The van der Waals surface area contributed by atoms with Crippen LogP contribution in [0.15, 0.2) is 41.8 Å². The van der Waals surface area contributed by atoms with Crippen LogP contribution in [-0.4, -0.2) is 9.91 Å². The molecule has 0 aliphatic carbocycles. The van der Waals surface area contributed by atoms with Gasteiger partial charge in [0.05, 0.1) is 26.4 Å². The van der Waals surface area contributed by atoms with E-state index >= 15 is 0 Å². The Morgan fingerprint density at radius 1 is 1.24 bits per heavy atom. The molecule has 0 atom stereocenters. The second-order valence-electron chi connectivity index (χ2n) is 3.66. The van der Waals surface area contributed by atoms with Gasteiger partial charge in [0.1, 0.15) is 0 Å². The minimum Gasteiger partial charge on any atom is -0.354 e. The third kappa shape index (κ3) is 1.60. The molecule has 4 nitrogen and oxygen atoms in total. The van der Waals surface area contributed by atoms with Crippen molar-refractivity contribution in [2.45, 2.75) is 0 Å². The van der Waals surface area contributed by atoms with Crippen molar-refractivity contribution in [1.29, 1.82) is 0 Å². The molecule has 0 radical (unpaired) electrons. The molecule has 0 saturated heterocycles. The average Bonchev–Trinajstić information content (AvgIpc) is 2.96. The molecule has 3 aromatic rings. The van der Waals surface area contributed by atoms with Crippen molar-refractivity contribution in [3.63, 3.8) is 0 Å². The van der Waals surface area contributed by atoms with E-state index in [1.807, 2.05) is 29.6 Å². The molecular formula is C12H8N2O2S. The second-order valence-corrected chi connectivity index (χ2v) is 4.60. The van der Waals surface area contributed by atoms with Crippen LogP contribution in [0.1, 0.15) is 0 Å². The highest BCUT2D eigenvalue weighted by atomic mass is 32.1. The number of non-ortho nitro benzene ring substituents is 1. The quantitative estimate of drug-likeness (QED) is 0.550. The average molecular weight is 244 g/mol. The van der Waals surface area contributed by atoms with Crippen molar-refractivity contribution >= 4 is 27.9 Å². The zero-order valence-corrected chi connectivity index (χ0v) is 9.53.